The van der Waals surface area contributed by atoms with Crippen molar-refractivity contribution in [3.8, 4) is 5.75 Å². The second-order valence-corrected chi connectivity index (χ2v) is 8.32. The van der Waals surface area contributed by atoms with E-state index in [2.05, 4.69) is 10.3 Å². The molecule has 2 aromatic carbocycles. The topological polar surface area (TPSA) is 155 Å². The highest BCUT2D eigenvalue weighted by Crippen LogP contribution is 2.26. The molecule has 0 bridgehead atoms. The van der Waals surface area contributed by atoms with Crippen molar-refractivity contribution in [2.75, 3.05) is 26.6 Å². The first-order valence-corrected chi connectivity index (χ1v) is 11.2. The number of fused-ring (bicyclic) bond motifs is 1. The Hall–Kier alpha value is -3.58. The number of hydrogen-bond acceptors (Lipinski definition) is 8. The fourth-order valence-corrected chi connectivity index (χ4v) is 3.92. The van der Waals surface area contributed by atoms with Gasteiger partial charge in [0.05, 0.1) is 25.3 Å². The number of halogens is 2. The summed E-state index contributed by atoms with van der Waals surface area (Å²) < 4.78 is 32.4. The van der Waals surface area contributed by atoms with Gasteiger partial charge in [-0.05, 0) is 29.8 Å². The van der Waals surface area contributed by atoms with Crippen LogP contribution in [0.25, 0.3) is 10.9 Å². The number of benzene rings is 2. The predicted octanol–water partition coefficient (Wildman–Crippen LogP) is 0.565. The smallest absolute Gasteiger partial charge is 0.284 e. The number of amides is 2. The maximum absolute atomic E-state index is 14.8. The lowest BCUT2D eigenvalue weighted by atomic mass is 10.2. The largest absolute Gasteiger partial charge is 0.487 e. The average Bonchev–Trinajstić information content (AvgIpc) is 2.85. The molecule has 1 fully saturated rings. The normalized spacial score (nSPS) is 17.6. The number of nitrogens with zero attached hydrogens (tertiary/aromatic N) is 2. The van der Waals surface area contributed by atoms with Crippen LogP contribution in [0.1, 0.15) is 16.2 Å². The van der Waals surface area contributed by atoms with Gasteiger partial charge in [0.25, 0.3) is 17.4 Å². The Kier molecular flexibility index (Phi) is 7.79. The molecule has 1 aliphatic heterocycles. The Bertz CT molecular complexity index is 1360. The molecule has 4 rings (SSSR count). The zero-order valence-electron chi connectivity index (χ0n) is 18.8. The molecule has 2 amide bonds. The first-order chi connectivity index (χ1) is 17.3. The minimum atomic E-state index is -0.935. The summed E-state index contributed by atoms with van der Waals surface area (Å²) in [6.07, 6.45) is -1.57. The summed E-state index contributed by atoms with van der Waals surface area (Å²) in [6, 6.07) is 8.95. The molecule has 0 aliphatic carbocycles. The summed E-state index contributed by atoms with van der Waals surface area (Å²) in [5, 5.41) is 11.2. The van der Waals surface area contributed by atoms with Gasteiger partial charge >= 0.3 is 0 Å². The summed E-state index contributed by atoms with van der Waals surface area (Å²) in [7, 11) is 0. The van der Waals surface area contributed by atoms with E-state index in [-0.39, 0.29) is 48.8 Å². The van der Waals surface area contributed by atoms with Crippen molar-refractivity contribution in [1.82, 2.24) is 14.9 Å². The van der Waals surface area contributed by atoms with Crippen LogP contribution in [0.3, 0.4) is 0 Å². The summed E-state index contributed by atoms with van der Waals surface area (Å²) in [5.41, 5.74) is 5.36. The van der Waals surface area contributed by atoms with Crippen LogP contribution in [0.15, 0.2) is 41.2 Å². The number of aliphatic hydroxyl groups is 1. The number of carbonyl (C=O) groups excluding carboxylic acids is 2. The van der Waals surface area contributed by atoms with Gasteiger partial charge in [0, 0.05) is 5.02 Å². The van der Waals surface area contributed by atoms with Gasteiger partial charge in [-0.15, -0.1) is 0 Å². The van der Waals surface area contributed by atoms with Gasteiger partial charge in [0.2, 0.25) is 5.82 Å². The monoisotopic (exact) mass is 520 g/mol. The molecule has 1 aromatic heterocycles. The minimum Gasteiger partial charge on any atom is -0.487 e. The highest BCUT2D eigenvalue weighted by atomic mass is 35.5. The van der Waals surface area contributed by atoms with Crippen molar-refractivity contribution in [3.05, 3.63) is 69.0 Å². The number of aromatic nitrogens is 2. The number of hydrogen-bond donors (Lipinski definition) is 3. The van der Waals surface area contributed by atoms with Crippen molar-refractivity contribution in [3.63, 3.8) is 0 Å². The van der Waals surface area contributed by atoms with Crippen molar-refractivity contribution < 1.29 is 33.3 Å². The van der Waals surface area contributed by atoms with Crippen LogP contribution in [-0.2, 0) is 20.8 Å². The molecular weight excluding hydrogens is 499 g/mol. The van der Waals surface area contributed by atoms with Crippen LogP contribution in [0.4, 0.5) is 4.39 Å². The van der Waals surface area contributed by atoms with Crippen molar-refractivity contribution in [1.29, 1.82) is 0 Å². The molecule has 0 radical (unpaired) electrons. The fourth-order valence-electron chi connectivity index (χ4n) is 3.70. The van der Waals surface area contributed by atoms with Gasteiger partial charge in [-0.25, -0.2) is 9.37 Å². The summed E-state index contributed by atoms with van der Waals surface area (Å²) >= 11 is 6.03. The van der Waals surface area contributed by atoms with Gasteiger partial charge in [-0.3, -0.25) is 19.0 Å². The van der Waals surface area contributed by atoms with Crippen molar-refractivity contribution in [2.45, 2.75) is 18.8 Å². The first-order valence-electron chi connectivity index (χ1n) is 10.8. The van der Waals surface area contributed by atoms with Gasteiger partial charge in [-0.1, -0.05) is 23.7 Å². The van der Waals surface area contributed by atoms with Gasteiger partial charge in [0.1, 0.15) is 24.8 Å². The van der Waals surface area contributed by atoms with E-state index in [1.165, 1.54) is 6.07 Å². The molecule has 11 nitrogen and oxygen atoms in total. The molecule has 2 heterocycles. The summed E-state index contributed by atoms with van der Waals surface area (Å²) in [6.45, 7) is -0.970. The Morgan fingerprint density at radius 2 is 2.08 bits per heavy atom. The second kappa shape index (κ2) is 11.0. The number of nitrogens with one attached hydrogen (secondary N) is 1. The van der Waals surface area contributed by atoms with E-state index in [0.29, 0.717) is 10.6 Å². The third kappa shape index (κ3) is 5.46. The first kappa shape index (κ1) is 25.5. The van der Waals surface area contributed by atoms with Crippen LogP contribution in [0.2, 0.25) is 5.02 Å². The Morgan fingerprint density at radius 1 is 1.28 bits per heavy atom. The molecule has 13 heteroatoms. The SMILES string of the molecule is NC(=O)c1nc2ccc(F)c(OCC3COC(C(=O)NCO)CO3)c2c(=O)n1Cc1cccc(Cl)c1. The van der Waals surface area contributed by atoms with Crippen LogP contribution in [0.5, 0.6) is 5.75 Å². The van der Waals surface area contributed by atoms with Crippen LogP contribution >= 0.6 is 11.6 Å². The van der Waals surface area contributed by atoms with Crippen molar-refractivity contribution >= 4 is 34.3 Å². The minimum absolute atomic E-state index is 0.0223. The van der Waals surface area contributed by atoms with E-state index >= 15 is 0 Å². The summed E-state index contributed by atoms with van der Waals surface area (Å²) in [4.78, 5) is 41.4. The zero-order valence-corrected chi connectivity index (χ0v) is 19.5. The highest BCUT2D eigenvalue weighted by Gasteiger charge is 2.29. The molecule has 2 unspecified atom stereocenters. The number of ether oxygens (including phenoxy) is 3. The molecule has 36 heavy (non-hydrogen) atoms. The maximum atomic E-state index is 14.8. The third-order valence-electron chi connectivity index (χ3n) is 5.40. The average molecular weight is 521 g/mol. The molecule has 1 aliphatic rings. The van der Waals surface area contributed by atoms with E-state index in [9.17, 15) is 18.8 Å². The third-order valence-corrected chi connectivity index (χ3v) is 5.64. The molecule has 2 atom stereocenters. The maximum Gasteiger partial charge on any atom is 0.284 e. The van der Waals surface area contributed by atoms with E-state index in [1.54, 1.807) is 24.3 Å². The Balaban J connectivity index is 1.63. The van der Waals surface area contributed by atoms with Gasteiger partial charge in [-0.2, -0.15) is 0 Å². The van der Waals surface area contributed by atoms with Crippen LogP contribution < -0.4 is 21.3 Å². The van der Waals surface area contributed by atoms with E-state index in [0.717, 1.165) is 10.6 Å². The lowest BCUT2D eigenvalue weighted by Gasteiger charge is -2.28. The van der Waals surface area contributed by atoms with E-state index < -0.39 is 42.1 Å². The highest BCUT2D eigenvalue weighted by molar-refractivity contribution is 6.30. The number of primary amides is 1. The quantitative estimate of drug-likeness (QED) is 0.364. The lowest BCUT2D eigenvalue weighted by molar-refractivity contribution is -0.165. The molecule has 190 valence electrons. The number of rotatable bonds is 8. The number of aliphatic hydroxyl groups excluding tert-OH is 1. The lowest BCUT2D eigenvalue weighted by Crippen LogP contribution is -2.47. The molecule has 4 N–H and O–H groups in total. The van der Waals surface area contributed by atoms with Crippen LogP contribution in [-0.4, -0.2) is 65.2 Å². The molecule has 0 spiro atoms. The Morgan fingerprint density at radius 3 is 2.75 bits per heavy atom. The van der Waals surface area contributed by atoms with Crippen molar-refractivity contribution in [2.24, 2.45) is 5.73 Å². The van der Waals surface area contributed by atoms with Crippen LogP contribution in [0, 0.1) is 5.82 Å². The standard InChI is InChI=1S/C23H22ClFN4O7/c24-13-3-1-2-12(6-13)7-29-21(20(26)31)28-16-5-4-15(25)19(18(16)23(29)33)36-9-14-8-35-17(10-34-14)22(32)27-11-30/h1-6,14,17,30H,7-11H2,(H2,26,31)(H,27,32). The Labute approximate surface area is 208 Å². The number of nitrogens with two attached hydrogens (primary N) is 1. The van der Waals surface area contributed by atoms with Gasteiger partial charge < -0.3 is 30.4 Å². The molecule has 3 aromatic rings. The fraction of sp³-hybridized carbons (Fsp3) is 0.304. The predicted molar refractivity (Wildman–Crippen MR) is 125 cm³/mol. The zero-order chi connectivity index (χ0) is 25.8. The van der Waals surface area contributed by atoms with E-state index in [1.807, 2.05) is 0 Å². The van der Waals surface area contributed by atoms with Gasteiger partial charge in [0.15, 0.2) is 17.7 Å². The molecule has 1 saturated heterocycles. The summed E-state index contributed by atoms with van der Waals surface area (Å²) in [5.74, 6) is -2.96. The second-order valence-electron chi connectivity index (χ2n) is 7.88. The van der Waals surface area contributed by atoms with E-state index in [4.69, 9.17) is 36.7 Å². The number of carbonyl (C=O) groups is 2. The molecule has 0 saturated carbocycles. The molecular formula is C23H22ClFN4O7.